The van der Waals surface area contributed by atoms with E-state index in [1.54, 1.807) is 12.1 Å². The Morgan fingerprint density at radius 3 is 2.67 bits per heavy atom. The summed E-state index contributed by atoms with van der Waals surface area (Å²) in [4.78, 5) is 15.4. The molecule has 1 aromatic carbocycles. The molecule has 1 aromatic heterocycles. The molecule has 3 rings (SSSR count). The number of aromatic nitrogens is 1. The molecule has 2 atom stereocenters. The second kappa shape index (κ2) is 6.12. The van der Waals surface area contributed by atoms with E-state index in [4.69, 9.17) is 0 Å². The van der Waals surface area contributed by atoms with Crippen LogP contribution in [-0.4, -0.2) is 22.2 Å². The van der Waals surface area contributed by atoms with Crippen molar-refractivity contribution in [2.75, 3.05) is 5.32 Å². The Hall–Kier alpha value is -2.61. The molecular weight excluding hydrogens is 323 g/mol. The van der Waals surface area contributed by atoms with Crippen molar-refractivity contribution in [1.29, 1.82) is 0 Å². The van der Waals surface area contributed by atoms with E-state index in [9.17, 15) is 23.1 Å². The first-order chi connectivity index (χ1) is 11.3. The van der Waals surface area contributed by atoms with Crippen LogP contribution in [0.25, 0.3) is 0 Å². The molecule has 0 saturated heterocycles. The topological polar surface area (TPSA) is 74.2 Å². The molecule has 1 aliphatic carbocycles. The Kier molecular flexibility index (Phi) is 4.15. The van der Waals surface area contributed by atoms with Crippen LogP contribution in [0.4, 0.5) is 23.8 Å². The Balaban J connectivity index is 1.71. The molecule has 2 amide bonds. The number of hydrogen-bond donors (Lipinski definition) is 3. The number of nitrogens with zero attached hydrogens (tertiary/aromatic N) is 1. The Labute approximate surface area is 135 Å². The van der Waals surface area contributed by atoms with Crippen molar-refractivity contribution >= 4 is 11.8 Å². The number of halogens is 3. The molecule has 8 heteroatoms. The minimum atomic E-state index is -4.59. The van der Waals surface area contributed by atoms with Crippen molar-refractivity contribution in [2.24, 2.45) is 0 Å². The van der Waals surface area contributed by atoms with Crippen LogP contribution in [0.3, 0.4) is 0 Å². The maximum atomic E-state index is 12.6. The van der Waals surface area contributed by atoms with Gasteiger partial charge >= 0.3 is 12.2 Å². The van der Waals surface area contributed by atoms with Gasteiger partial charge in [-0.15, -0.1) is 0 Å². The quantitative estimate of drug-likeness (QED) is 0.789. The summed E-state index contributed by atoms with van der Waals surface area (Å²) in [5, 5.41) is 14.9. The van der Waals surface area contributed by atoms with Crippen LogP contribution in [0.2, 0.25) is 0 Å². The highest BCUT2D eigenvalue weighted by atomic mass is 19.4. The Morgan fingerprint density at radius 2 is 1.92 bits per heavy atom. The van der Waals surface area contributed by atoms with Gasteiger partial charge in [-0.05, 0) is 23.3 Å². The third kappa shape index (κ3) is 3.33. The van der Waals surface area contributed by atoms with Crippen molar-refractivity contribution in [3.05, 3.63) is 59.3 Å². The van der Waals surface area contributed by atoms with Gasteiger partial charge < -0.3 is 10.4 Å². The van der Waals surface area contributed by atoms with Crippen molar-refractivity contribution < 1.29 is 23.1 Å². The van der Waals surface area contributed by atoms with Gasteiger partial charge in [0.1, 0.15) is 11.5 Å². The highest BCUT2D eigenvalue weighted by Crippen LogP contribution is 2.31. The summed E-state index contributed by atoms with van der Waals surface area (Å²) in [6.07, 6.45) is -4.97. The molecule has 1 aliphatic rings. The van der Waals surface area contributed by atoms with Gasteiger partial charge in [0, 0.05) is 6.42 Å². The number of aliphatic hydroxyl groups is 1. The summed E-state index contributed by atoms with van der Waals surface area (Å²) >= 11 is 0. The van der Waals surface area contributed by atoms with E-state index < -0.39 is 30.0 Å². The summed E-state index contributed by atoms with van der Waals surface area (Å²) in [6.45, 7) is 0. The third-order valence-corrected chi connectivity index (χ3v) is 3.77. The number of fused-ring (bicyclic) bond motifs is 1. The first-order valence-corrected chi connectivity index (χ1v) is 7.22. The van der Waals surface area contributed by atoms with Crippen LogP contribution in [0.1, 0.15) is 22.9 Å². The number of benzene rings is 1. The lowest BCUT2D eigenvalue weighted by Gasteiger charge is -2.18. The molecule has 0 saturated carbocycles. The highest BCUT2D eigenvalue weighted by molar-refractivity contribution is 5.88. The predicted octanol–water partition coefficient (Wildman–Crippen LogP) is 2.88. The number of carbonyl (C=O) groups is 1. The van der Waals surface area contributed by atoms with Gasteiger partial charge in [0.15, 0.2) is 0 Å². The second-order valence-corrected chi connectivity index (χ2v) is 5.45. The standard InChI is InChI=1S/C16H14F3N3O2/c17-16(18,19)12-6-3-7-13(20-12)21-15(24)22-14-10-5-2-1-4-9(10)8-11(14)23/h1-7,11,14,23H,8H2,(H2,20,21,22,24)/t11-,14+/m1/s1. The predicted molar refractivity (Wildman–Crippen MR) is 80.3 cm³/mol. The van der Waals surface area contributed by atoms with Crippen molar-refractivity contribution in [2.45, 2.75) is 24.7 Å². The third-order valence-electron chi connectivity index (χ3n) is 3.77. The SMILES string of the molecule is O=C(Nc1cccc(C(F)(F)F)n1)N[C@H]1c2ccccc2C[C@H]1O. The molecule has 0 bridgehead atoms. The minimum Gasteiger partial charge on any atom is -0.390 e. The minimum absolute atomic E-state index is 0.219. The van der Waals surface area contributed by atoms with E-state index >= 15 is 0 Å². The molecule has 24 heavy (non-hydrogen) atoms. The van der Waals surface area contributed by atoms with E-state index in [1.165, 1.54) is 6.07 Å². The smallest absolute Gasteiger partial charge is 0.390 e. The van der Waals surface area contributed by atoms with Crippen molar-refractivity contribution in [3.8, 4) is 0 Å². The summed E-state index contributed by atoms with van der Waals surface area (Å²) < 4.78 is 37.9. The van der Waals surface area contributed by atoms with Crippen LogP contribution in [0.5, 0.6) is 0 Å². The number of carbonyl (C=O) groups excluding carboxylic acids is 1. The fourth-order valence-corrected chi connectivity index (χ4v) is 2.70. The molecule has 1 heterocycles. The van der Waals surface area contributed by atoms with Gasteiger partial charge in [0.2, 0.25) is 0 Å². The molecule has 3 N–H and O–H groups in total. The second-order valence-electron chi connectivity index (χ2n) is 5.45. The lowest BCUT2D eigenvalue weighted by molar-refractivity contribution is -0.141. The Bertz CT molecular complexity index is 764. The van der Waals surface area contributed by atoms with Gasteiger partial charge in [-0.3, -0.25) is 5.32 Å². The zero-order chi connectivity index (χ0) is 17.3. The molecule has 2 aromatic rings. The largest absolute Gasteiger partial charge is 0.433 e. The van der Waals surface area contributed by atoms with Gasteiger partial charge in [0.05, 0.1) is 12.1 Å². The van der Waals surface area contributed by atoms with Crippen LogP contribution >= 0.6 is 0 Å². The van der Waals surface area contributed by atoms with Crippen LogP contribution in [0, 0.1) is 0 Å². The number of amides is 2. The lowest BCUT2D eigenvalue weighted by Crippen LogP contribution is -2.37. The highest BCUT2D eigenvalue weighted by Gasteiger charge is 2.33. The van der Waals surface area contributed by atoms with Gasteiger partial charge in [-0.2, -0.15) is 13.2 Å². The van der Waals surface area contributed by atoms with E-state index in [-0.39, 0.29) is 5.82 Å². The lowest BCUT2D eigenvalue weighted by atomic mass is 10.1. The monoisotopic (exact) mass is 337 g/mol. The number of pyridine rings is 1. The number of aliphatic hydroxyl groups excluding tert-OH is 1. The van der Waals surface area contributed by atoms with Gasteiger partial charge in [0.25, 0.3) is 0 Å². The molecule has 0 radical (unpaired) electrons. The zero-order valence-electron chi connectivity index (χ0n) is 12.3. The van der Waals surface area contributed by atoms with E-state index in [0.29, 0.717) is 6.42 Å². The number of rotatable bonds is 2. The molecule has 0 fully saturated rings. The van der Waals surface area contributed by atoms with E-state index in [1.807, 2.05) is 12.1 Å². The van der Waals surface area contributed by atoms with Crippen molar-refractivity contribution in [1.82, 2.24) is 10.3 Å². The zero-order valence-corrected chi connectivity index (χ0v) is 12.3. The number of anilines is 1. The molecular formula is C16H14F3N3O2. The van der Waals surface area contributed by atoms with Crippen LogP contribution in [0.15, 0.2) is 42.5 Å². The van der Waals surface area contributed by atoms with E-state index in [0.717, 1.165) is 23.3 Å². The molecule has 126 valence electrons. The molecule has 0 unspecified atom stereocenters. The number of nitrogens with one attached hydrogen (secondary N) is 2. The summed E-state index contributed by atoms with van der Waals surface area (Å²) in [7, 11) is 0. The number of urea groups is 1. The Morgan fingerprint density at radius 1 is 1.17 bits per heavy atom. The van der Waals surface area contributed by atoms with E-state index in [2.05, 4.69) is 15.6 Å². The average Bonchev–Trinajstić information content (AvgIpc) is 2.83. The summed E-state index contributed by atoms with van der Waals surface area (Å²) in [5.74, 6) is -0.219. The first kappa shape index (κ1) is 16.3. The maximum Gasteiger partial charge on any atom is 0.433 e. The fourth-order valence-electron chi connectivity index (χ4n) is 2.70. The van der Waals surface area contributed by atoms with Gasteiger partial charge in [-0.1, -0.05) is 30.3 Å². The fraction of sp³-hybridized carbons (Fsp3) is 0.250. The van der Waals surface area contributed by atoms with Crippen LogP contribution in [-0.2, 0) is 12.6 Å². The van der Waals surface area contributed by atoms with Crippen LogP contribution < -0.4 is 10.6 Å². The van der Waals surface area contributed by atoms with Crippen molar-refractivity contribution in [3.63, 3.8) is 0 Å². The summed E-state index contributed by atoms with van der Waals surface area (Å²) in [6, 6.07) is 9.15. The first-order valence-electron chi connectivity index (χ1n) is 7.22. The number of hydrogen-bond acceptors (Lipinski definition) is 3. The summed E-state index contributed by atoms with van der Waals surface area (Å²) in [5.41, 5.74) is 0.621. The molecule has 5 nitrogen and oxygen atoms in total. The molecule has 0 spiro atoms. The molecule has 0 aliphatic heterocycles. The normalized spacial score (nSPS) is 19.7. The number of alkyl halides is 3. The average molecular weight is 337 g/mol. The van der Waals surface area contributed by atoms with Gasteiger partial charge in [-0.25, -0.2) is 9.78 Å². The maximum absolute atomic E-state index is 12.6.